The Bertz CT molecular complexity index is 410. The lowest BCUT2D eigenvalue weighted by molar-refractivity contribution is -0.0500. The molecule has 0 saturated carbocycles. The van der Waals surface area contributed by atoms with Crippen LogP contribution >= 0.6 is 34.8 Å². The van der Waals surface area contributed by atoms with E-state index in [1.54, 1.807) is 0 Å². The molecule has 0 radical (unpaired) electrons. The first-order valence-electron chi connectivity index (χ1n) is 3.98. The summed E-state index contributed by atoms with van der Waals surface area (Å²) in [5, 5.41) is -0.0265. The normalized spacial score (nSPS) is 10.6. The molecule has 0 aliphatic carbocycles. The van der Waals surface area contributed by atoms with Crippen molar-refractivity contribution >= 4 is 40.6 Å². The maximum absolute atomic E-state index is 12.1. The summed E-state index contributed by atoms with van der Waals surface area (Å²) in [6.07, 6.45) is 0. The fourth-order valence-corrected chi connectivity index (χ4v) is 1.73. The summed E-state index contributed by atoms with van der Waals surface area (Å²) in [5.74, 6) is -1.38. The zero-order valence-corrected chi connectivity index (χ0v) is 9.91. The maximum atomic E-state index is 12.1. The Morgan fingerprint density at radius 2 is 2.00 bits per heavy atom. The standard InChI is InChI=1S/C9H5Cl3F2O2/c10-3-7(15)5-1-4(11)2-6(12)8(5)16-9(13)14/h1-2,9H,3H2. The SMILES string of the molecule is O=C(CCl)c1cc(Cl)cc(Cl)c1OC(F)F. The van der Waals surface area contributed by atoms with Crippen LogP contribution in [0.5, 0.6) is 5.75 Å². The van der Waals surface area contributed by atoms with Crippen LogP contribution in [0.3, 0.4) is 0 Å². The Morgan fingerprint density at radius 3 is 2.50 bits per heavy atom. The van der Waals surface area contributed by atoms with Gasteiger partial charge in [-0.2, -0.15) is 8.78 Å². The summed E-state index contributed by atoms with van der Waals surface area (Å²) < 4.78 is 28.3. The van der Waals surface area contributed by atoms with Crippen molar-refractivity contribution in [3.8, 4) is 5.75 Å². The van der Waals surface area contributed by atoms with Gasteiger partial charge in [-0.3, -0.25) is 4.79 Å². The van der Waals surface area contributed by atoms with E-state index in [0.717, 1.165) is 0 Å². The van der Waals surface area contributed by atoms with E-state index in [9.17, 15) is 13.6 Å². The van der Waals surface area contributed by atoms with Crippen molar-refractivity contribution in [2.45, 2.75) is 6.61 Å². The average Bonchev–Trinajstić information content (AvgIpc) is 2.20. The van der Waals surface area contributed by atoms with Crippen molar-refractivity contribution < 1.29 is 18.3 Å². The number of ketones is 1. The number of halogens is 5. The second-order valence-electron chi connectivity index (χ2n) is 2.70. The minimum Gasteiger partial charge on any atom is -0.432 e. The monoisotopic (exact) mass is 288 g/mol. The maximum Gasteiger partial charge on any atom is 0.387 e. The van der Waals surface area contributed by atoms with Gasteiger partial charge >= 0.3 is 6.61 Å². The van der Waals surface area contributed by atoms with Gasteiger partial charge in [0.25, 0.3) is 0 Å². The predicted octanol–water partition coefficient (Wildman–Crippen LogP) is 4.02. The van der Waals surface area contributed by atoms with Gasteiger partial charge in [-0.1, -0.05) is 23.2 Å². The van der Waals surface area contributed by atoms with Crippen LogP contribution in [-0.2, 0) is 0 Å². The zero-order chi connectivity index (χ0) is 12.3. The Hall–Kier alpha value is -0.580. The molecule has 0 bridgehead atoms. The molecule has 0 N–H and O–H groups in total. The number of alkyl halides is 3. The molecule has 0 heterocycles. The highest BCUT2D eigenvalue weighted by atomic mass is 35.5. The van der Waals surface area contributed by atoms with E-state index in [4.69, 9.17) is 34.8 Å². The van der Waals surface area contributed by atoms with Gasteiger partial charge in [-0.05, 0) is 12.1 Å². The lowest BCUT2D eigenvalue weighted by Gasteiger charge is -2.11. The summed E-state index contributed by atoms with van der Waals surface area (Å²) in [7, 11) is 0. The van der Waals surface area contributed by atoms with E-state index in [1.807, 2.05) is 0 Å². The largest absolute Gasteiger partial charge is 0.432 e. The molecule has 1 aromatic rings. The summed E-state index contributed by atoms with van der Waals surface area (Å²) in [4.78, 5) is 11.3. The lowest BCUT2D eigenvalue weighted by Crippen LogP contribution is -2.09. The number of hydrogen-bond acceptors (Lipinski definition) is 2. The molecular formula is C9H5Cl3F2O2. The lowest BCUT2D eigenvalue weighted by atomic mass is 10.1. The van der Waals surface area contributed by atoms with Gasteiger partial charge in [0.1, 0.15) is 0 Å². The van der Waals surface area contributed by atoms with Crippen LogP contribution in [0.1, 0.15) is 10.4 Å². The van der Waals surface area contributed by atoms with E-state index < -0.39 is 18.1 Å². The Balaban J connectivity index is 3.26. The Kier molecular flexibility index (Phi) is 4.77. The number of rotatable bonds is 4. The summed E-state index contributed by atoms with van der Waals surface area (Å²) >= 11 is 16.6. The van der Waals surface area contributed by atoms with Crippen LogP contribution in [0.4, 0.5) is 8.78 Å². The van der Waals surface area contributed by atoms with Gasteiger partial charge in [-0.25, -0.2) is 0 Å². The third kappa shape index (κ3) is 3.20. The fourth-order valence-electron chi connectivity index (χ4n) is 1.05. The first kappa shape index (κ1) is 13.5. The quantitative estimate of drug-likeness (QED) is 0.618. The van der Waals surface area contributed by atoms with Crippen LogP contribution in [0, 0.1) is 0 Å². The molecule has 2 nitrogen and oxygen atoms in total. The summed E-state index contributed by atoms with van der Waals surface area (Å²) in [6.45, 7) is -3.08. The Labute approximate surface area is 105 Å². The number of Topliss-reactive ketones (excluding diaryl/α,β-unsaturated/α-hetero) is 1. The molecule has 16 heavy (non-hydrogen) atoms. The van der Waals surface area contributed by atoms with Gasteiger partial charge in [-0.15, -0.1) is 11.6 Å². The molecule has 0 fully saturated rings. The summed E-state index contributed by atoms with van der Waals surface area (Å²) in [6, 6.07) is 2.38. The molecule has 0 aliphatic rings. The molecule has 0 aliphatic heterocycles. The highest BCUT2D eigenvalue weighted by Gasteiger charge is 2.19. The van der Waals surface area contributed by atoms with Gasteiger partial charge in [0, 0.05) is 5.02 Å². The van der Waals surface area contributed by atoms with Crippen molar-refractivity contribution in [3.63, 3.8) is 0 Å². The fraction of sp³-hybridized carbons (Fsp3) is 0.222. The molecule has 7 heteroatoms. The number of carbonyl (C=O) groups is 1. The molecule has 0 saturated heterocycles. The number of carbonyl (C=O) groups excluding carboxylic acids is 1. The molecule has 88 valence electrons. The van der Waals surface area contributed by atoms with E-state index in [0.29, 0.717) is 0 Å². The predicted molar refractivity (Wildman–Crippen MR) is 58.1 cm³/mol. The second kappa shape index (κ2) is 5.66. The van der Waals surface area contributed by atoms with Crippen LogP contribution in [0.25, 0.3) is 0 Å². The van der Waals surface area contributed by atoms with Crippen molar-refractivity contribution in [2.75, 3.05) is 5.88 Å². The molecular weight excluding hydrogens is 284 g/mol. The van der Waals surface area contributed by atoms with E-state index >= 15 is 0 Å². The topological polar surface area (TPSA) is 26.3 Å². The van der Waals surface area contributed by atoms with Crippen LogP contribution in [0.15, 0.2) is 12.1 Å². The minimum atomic E-state index is -3.08. The third-order valence-corrected chi connectivity index (χ3v) is 2.38. The van der Waals surface area contributed by atoms with Crippen molar-refractivity contribution in [1.29, 1.82) is 0 Å². The first-order chi connectivity index (χ1) is 7.45. The average molecular weight is 289 g/mol. The molecule has 1 aromatic carbocycles. The van der Waals surface area contributed by atoms with Gasteiger partial charge in [0.15, 0.2) is 11.5 Å². The number of hydrogen-bond donors (Lipinski definition) is 0. The molecule has 0 amide bonds. The van der Waals surface area contributed by atoms with Gasteiger partial charge < -0.3 is 4.74 Å². The molecule has 0 aromatic heterocycles. The molecule has 0 atom stereocenters. The van der Waals surface area contributed by atoms with Crippen molar-refractivity contribution in [2.24, 2.45) is 0 Å². The molecule has 0 unspecified atom stereocenters. The number of benzene rings is 1. The first-order valence-corrected chi connectivity index (χ1v) is 5.27. The zero-order valence-electron chi connectivity index (χ0n) is 7.65. The Morgan fingerprint density at radius 1 is 1.38 bits per heavy atom. The van der Waals surface area contributed by atoms with Crippen LogP contribution in [-0.4, -0.2) is 18.3 Å². The van der Waals surface area contributed by atoms with Crippen LogP contribution in [0.2, 0.25) is 10.0 Å². The smallest absolute Gasteiger partial charge is 0.387 e. The van der Waals surface area contributed by atoms with Crippen molar-refractivity contribution in [1.82, 2.24) is 0 Å². The van der Waals surface area contributed by atoms with E-state index in [1.165, 1.54) is 12.1 Å². The third-order valence-electron chi connectivity index (χ3n) is 1.64. The highest BCUT2D eigenvalue weighted by molar-refractivity contribution is 6.37. The van der Waals surface area contributed by atoms with Gasteiger partial charge in [0.05, 0.1) is 16.5 Å². The molecule has 1 rings (SSSR count). The number of ether oxygens (including phenoxy) is 1. The van der Waals surface area contributed by atoms with E-state index in [2.05, 4.69) is 4.74 Å². The van der Waals surface area contributed by atoms with Crippen molar-refractivity contribution in [3.05, 3.63) is 27.7 Å². The second-order valence-corrected chi connectivity index (χ2v) is 3.81. The van der Waals surface area contributed by atoms with E-state index in [-0.39, 0.29) is 21.5 Å². The minimum absolute atomic E-state index is 0.139. The highest BCUT2D eigenvalue weighted by Crippen LogP contribution is 2.33. The molecule has 0 spiro atoms. The summed E-state index contributed by atoms with van der Waals surface area (Å²) in [5.41, 5.74) is -0.159. The van der Waals surface area contributed by atoms with Gasteiger partial charge in [0.2, 0.25) is 0 Å². The van der Waals surface area contributed by atoms with Crippen LogP contribution < -0.4 is 4.74 Å².